The van der Waals surface area contributed by atoms with Gasteiger partial charge in [0, 0.05) is 17.2 Å². The highest BCUT2D eigenvalue weighted by Gasteiger charge is 2.27. The Labute approximate surface area is 199 Å². The summed E-state index contributed by atoms with van der Waals surface area (Å²) in [4.78, 5) is 31.8. The average Bonchev–Trinajstić information content (AvgIpc) is 3.29. The third-order valence-electron chi connectivity index (χ3n) is 6.26. The van der Waals surface area contributed by atoms with Crippen molar-refractivity contribution in [3.8, 4) is 11.4 Å². The van der Waals surface area contributed by atoms with Crippen molar-refractivity contribution in [1.29, 1.82) is 0 Å². The van der Waals surface area contributed by atoms with Crippen molar-refractivity contribution in [2.45, 2.75) is 40.2 Å². The van der Waals surface area contributed by atoms with Crippen molar-refractivity contribution in [1.82, 2.24) is 15.0 Å². The fraction of sp³-hybridized carbons (Fsp3) is 0.385. The molecule has 1 amide bonds. The van der Waals surface area contributed by atoms with Gasteiger partial charge in [0.05, 0.1) is 18.7 Å². The van der Waals surface area contributed by atoms with E-state index >= 15 is 0 Å². The lowest BCUT2D eigenvalue weighted by Crippen LogP contribution is -2.38. The summed E-state index contributed by atoms with van der Waals surface area (Å²) in [6.45, 7) is 8.02. The number of esters is 1. The number of hydrogen-bond acceptors (Lipinski definition) is 7. The zero-order valence-electron chi connectivity index (χ0n) is 19.8. The molecule has 1 aliphatic heterocycles. The predicted octanol–water partition coefficient (Wildman–Crippen LogP) is 4.38. The summed E-state index contributed by atoms with van der Waals surface area (Å²) in [5.41, 5.74) is 3.90. The van der Waals surface area contributed by atoms with Crippen LogP contribution in [0.15, 0.2) is 47.0 Å². The molecule has 0 atom stereocenters. The highest BCUT2D eigenvalue weighted by Crippen LogP contribution is 2.25. The Bertz CT molecular complexity index is 1170. The minimum atomic E-state index is -0.379. The van der Waals surface area contributed by atoms with Crippen LogP contribution in [0.1, 0.15) is 47.1 Å². The minimum Gasteiger partial charge on any atom is -0.462 e. The Morgan fingerprint density at radius 3 is 2.62 bits per heavy atom. The SMILES string of the molecule is CCOC(=O)c1cccc(NC(=O)C2CCN(Cc3nc(-c4ccccc4C)no3)CC2)c1C. The maximum Gasteiger partial charge on any atom is 0.338 e. The summed E-state index contributed by atoms with van der Waals surface area (Å²) < 4.78 is 10.6. The zero-order chi connectivity index (χ0) is 24.1. The topological polar surface area (TPSA) is 97.6 Å². The Kier molecular flexibility index (Phi) is 7.37. The number of piperidine rings is 1. The van der Waals surface area contributed by atoms with E-state index in [1.54, 1.807) is 19.1 Å². The van der Waals surface area contributed by atoms with Crippen LogP contribution in [0.2, 0.25) is 0 Å². The van der Waals surface area contributed by atoms with Gasteiger partial charge in [-0.15, -0.1) is 0 Å². The summed E-state index contributed by atoms with van der Waals surface area (Å²) in [5, 5.41) is 7.13. The summed E-state index contributed by atoms with van der Waals surface area (Å²) >= 11 is 0. The van der Waals surface area contributed by atoms with Crippen LogP contribution in [0.4, 0.5) is 5.69 Å². The third kappa shape index (κ3) is 5.34. The van der Waals surface area contributed by atoms with E-state index in [0.29, 0.717) is 41.7 Å². The van der Waals surface area contributed by atoms with Gasteiger partial charge >= 0.3 is 5.97 Å². The van der Waals surface area contributed by atoms with Crippen LogP contribution >= 0.6 is 0 Å². The molecule has 8 heteroatoms. The minimum absolute atomic E-state index is 0.0246. The van der Waals surface area contributed by atoms with Gasteiger partial charge in [0.1, 0.15) is 0 Å². The second-order valence-electron chi connectivity index (χ2n) is 8.56. The van der Waals surface area contributed by atoms with Gasteiger partial charge in [-0.05, 0) is 70.0 Å². The van der Waals surface area contributed by atoms with Crippen molar-refractivity contribution >= 4 is 17.6 Å². The Hall–Kier alpha value is -3.52. The van der Waals surface area contributed by atoms with Gasteiger partial charge in [0.25, 0.3) is 0 Å². The lowest BCUT2D eigenvalue weighted by atomic mass is 9.95. The molecule has 2 heterocycles. The number of anilines is 1. The number of aryl methyl sites for hydroxylation is 1. The first-order valence-electron chi connectivity index (χ1n) is 11.6. The van der Waals surface area contributed by atoms with E-state index in [1.165, 1.54) is 0 Å². The fourth-order valence-corrected chi connectivity index (χ4v) is 4.23. The molecule has 0 saturated carbocycles. The first-order chi connectivity index (χ1) is 16.5. The molecule has 1 aliphatic rings. The number of nitrogens with zero attached hydrogens (tertiary/aromatic N) is 3. The van der Waals surface area contributed by atoms with Crippen LogP contribution in [0.3, 0.4) is 0 Å². The number of hydrogen-bond donors (Lipinski definition) is 1. The van der Waals surface area contributed by atoms with Crippen LogP contribution in [-0.2, 0) is 16.1 Å². The van der Waals surface area contributed by atoms with Crippen LogP contribution in [-0.4, -0.2) is 46.6 Å². The molecule has 0 radical (unpaired) electrons. The van der Waals surface area contributed by atoms with Gasteiger partial charge in [0.2, 0.25) is 17.6 Å². The second-order valence-corrected chi connectivity index (χ2v) is 8.56. The highest BCUT2D eigenvalue weighted by molar-refractivity contribution is 5.97. The predicted molar refractivity (Wildman–Crippen MR) is 128 cm³/mol. The average molecular weight is 463 g/mol. The molecule has 3 aromatic rings. The van der Waals surface area contributed by atoms with E-state index in [9.17, 15) is 9.59 Å². The number of nitrogens with one attached hydrogen (secondary N) is 1. The molecule has 8 nitrogen and oxygen atoms in total. The van der Waals surface area contributed by atoms with Crippen LogP contribution in [0, 0.1) is 19.8 Å². The Morgan fingerprint density at radius 2 is 1.88 bits per heavy atom. The number of amides is 1. The summed E-state index contributed by atoms with van der Waals surface area (Å²) in [6.07, 6.45) is 1.47. The van der Waals surface area contributed by atoms with Crippen LogP contribution in [0.5, 0.6) is 0 Å². The van der Waals surface area contributed by atoms with Gasteiger partial charge in [-0.2, -0.15) is 4.98 Å². The van der Waals surface area contributed by atoms with Gasteiger partial charge in [0.15, 0.2) is 0 Å². The third-order valence-corrected chi connectivity index (χ3v) is 6.26. The number of carbonyl (C=O) groups excluding carboxylic acids is 2. The molecule has 1 aromatic heterocycles. The maximum absolute atomic E-state index is 12.9. The van der Waals surface area contributed by atoms with E-state index in [4.69, 9.17) is 9.26 Å². The highest BCUT2D eigenvalue weighted by atomic mass is 16.5. The largest absolute Gasteiger partial charge is 0.462 e. The first-order valence-corrected chi connectivity index (χ1v) is 11.6. The van der Waals surface area contributed by atoms with Gasteiger partial charge in [-0.1, -0.05) is 35.5 Å². The lowest BCUT2D eigenvalue weighted by molar-refractivity contribution is -0.121. The molecule has 1 saturated heterocycles. The first kappa shape index (κ1) is 23.6. The maximum atomic E-state index is 12.9. The van der Waals surface area contributed by atoms with Gasteiger partial charge in [-0.25, -0.2) is 4.79 Å². The molecule has 4 rings (SSSR count). The van der Waals surface area contributed by atoms with E-state index < -0.39 is 0 Å². The summed E-state index contributed by atoms with van der Waals surface area (Å²) in [5.74, 6) is 0.682. The van der Waals surface area contributed by atoms with Crippen LogP contribution < -0.4 is 5.32 Å². The number of carbonyl (C=O) groups is 2. The fourth-order valence-electron chi connectivity index (χ4n) is 4.23. The molecule has 178 valence electrons. The number of likely N-dealkylation sites (tertiary alicyclic amines) is 1. The molecule has 2 aromatic carbocycles. The normalized spacial score (nSPS) is 14.7. The molecule has 1 N–H and O–H groups in total. The number of rotatable bonds is 7. The lowest BCUT2D eigenvalue weighted by Gasteiger charge is -2.30. The monoisotopic (exact) mass is 462 g/mol. The summed E-state index contributed by atoms with van der Waals surface area (Å²) in [7, 11) is 0. The standard InChI is InChI=1S/C26H30N4O4/c1-4-33-26(32)21-10-7-11-22(18(21)3)27-25(31)19-12-14-30(15-13-19)16-23-28-24(29-34-23)20-9-6-5-8-17(20)2/h5-11,19H,4,12-16H2,1-3H3,(H,27,31). The Balaban J connectivity index is 1.31. The van der Waals surface area contributed by atoms with Crippen LogP contribution in [0.25, 0.3) is 11.4 Å². The van der Waals surface area contributed by atoms with Gasteiger partial charge < -0.3 is 14.6 Å². The molecular weight excluding hydrogens is 432 g/mol. The van der Waals surface area contributed by atoms with E-state index in [0.717, 1.165) is 37.1 Å². The van der Waals surface area contributed by atoms with Crippen molar-refractivity contribution < 1.29 is 18.8 Å². The van der Waals surface area contributed by atoms with Crippen molar-refractivity contribution in [2.24, 2.45) is 5.92 Å². The molecule has 34 heavy (non-hydrogen) atoms. The number of benzene rings is 2. The summed E-state index contributed by atoms with van der Waals surface area (Å²) in [6, 6.07) is 13.2. The van der Waals surface area contributed by atoms with Crippen molar-refractivity contribution in [3.63, 3.8) is 0 Å². The second kappa shape index (κ2) is 10.6. The van der Waals surface area contributed by atoms with Crippen molar-refractivity contribution in [3.05, 3.63) is 65.0 Å². The van der Waals surface area contributed by atoms with Gasteiger partial charge in [-0.3, -0.25) is 9.69 Å². The molecule has 0 aliphatic carbocycles. The smallest absolute Gasteiger partial charge is 0.338 e. The Morgan fingerprint density at radius 1 is 1.12 bits per heavy atom. The zero-order valence-corrected chi connectivity index (χ0v) is 19.8. The molecule has 1 fully saturated rings. The van der Waals surface area contributed by atoms with E-state index in [2.05, 4.69) is 20.4 Å². The number of ether oxygens (including phenoxy) is 1. The number of aromatic nitrogens is 2. The van der Waals surface area contributed by atoms with E-state index in [1.807, 2.05) is 44.2 Å². The molecule has 0 spiro atoms. The molecule has 0 unspecified atom stereocenters. The van der Waals surface area contributed by atoms with Crippen molar-refractivity contribution in [2.75, 3.05) is 25.0 Å². The quantitative estimate of drug-likeness (QED) is 0.520. The molecular formula is C26H30N4O4. The van der Waals surface area contributed by atoms with E-state index in [-0.39, 0.29) is 17.8 Å². The molecule has 0 bridgehead atoms.